The first-order valence-corrected chi connectivity index (χ1v) is 5.36. The summed E-state index contributed by atoms with van der Waals surface area (Å²) in [5.74, 6) is -0.694. The van der Waals surface area contributed by atoms with Crippen molar-refractivity contribution >= 4 is 21.7 Å². The number of ketones is 1. The van der Waals surface area contributed by atoms with Crippen LogP contribution in [0.5, 0.6) is 0 Å². The zero-order valence-corrected chi connectivity index (χ0v) is 10.0. The lowest BCUT2D eigenvalue weighted by Crippen LogP contribution is -2.08. The summed E-state index contributed by atoms with van der Waals surface area (Å²) < 4.78 is 15.1. The van der Waals surface area contributed by atoms with Gasteiger partial charge in [-0.15, -0.1) is 0 Å². The van der Waals surface area contributed by atoms with Gasteiger partial charge in [-0.3, -0.25) is 9.48 Å². The molecule has 0 aliphatic rings. The minimum absolute atomic E-state index is 0.250. The molecule has 1 aromatic carbocycles. The van der Waals surface area contributed by atoms with Gasteiger partial charge in [0.1, 0.15) is 11.5 Å². The van der Waals surface area contributed by atoms with Crippen LogP contribution in [0.3, 0.4) is 0 Å². The lowest BCUT2D eigenvalue weighted by Gasteiger charge is -2.02. The van der Waals surface area contributed by atoms with Gasteiger partial charge in [0.15, 0.2) is 0 Å². The SMILES string of the molecule is Cn1nccc1C(=O)c1cc(F)cc(Br)c1. The second-order valence-corrected chi connectivity index (χ2v) is 4.24. The molecule has 2 rings (SSSR count). The van der Waals surface area contributed by atoms with Crippen molar-refractivity contribution in [2.75, 3.05) is 0 Å². The van der Waals surface area contributed by atoms with Crippen LogP contribution in [0.4, 0.5) is 4.39 Å². The van der Waals surface area contributed by atoms with Crippen molar-refractivity contribution in [2.24, 2.45) is 7.05 Å². The van der Waals surface area contributed by atoms with Gasteiger partial charge >= 0.3 is 0 Å². The normalized spacial score (nSPS) is 10.4. The molecule has 16 heavy (non-hydrogen) atoms. The van der Waals surface area contributed by atoms with Crippen LogP contribution < -0.4 is 0 Å². The molecule has 82 valence electrons. The van der Waals surface area contributed by atoms with Gasteiger partial charge in [0.25, 0.3) is 0 Å². The smallest absolute Gasteiger partial charge is 0.211 e. The van der Waals surface area contributed by atoms with Gasteiger partial charge in [-0.25, -0.2) is 4.39 Å². The molecule has 0 fully saturated rings. The number of aromatic nitrogens is 2. The molecule has 0 aliphatic heterocycles. The zero-order valence-electron chi connectivity index (χ0n) is 8.45. The molecule has 0 atom stereocenters. The summed E-state index contributed by atoms with van der Waals surface area (Å²) in [4.78, 5) is 12.0. The number of hydrogen-bond donors (Lipinski definition) is 0. The molecule has 0 saturated carbocycles. The summed E-state index contributed by atoms with van der Waals surface area (Å²) in [6.45, 7) is 0. The molecule has 0 saturated heterocycles. The number of aryl methyl sites for hydroxylation is 1. The van der Waals surface area contributed by atoms with E-state index in [1.165, 1.54) is 23.0 Å². The number of rotatable bonds is 2. The van der Waals surface area contributed by atoms with Crippen LogP contribution in [0.2, 0.25) is 0 Å². The summed E-state index contributed by atoms with van der Waals surface area (Å²) in [6, 6.07) is 5.69. The van der Waals surface area contributed by atoms with Crippen molar-refractivity contribution in [2.45, 2.75) is 0 Å². The summed E-state index contributed by atoms with van der Waals surface area (Å²) in [7, 11) is 1.67. The van der Waals surface area contributed by atoms with E-state index in [0.29, 0.717) is 15.7 Å². The minimum atomic E-state index is -0.445. The Bertz CT molecular complexity index is 530. The third kappa shape index (κ3) is 2.04. The highest BCUT2D eigenvalue weighted by atomic mass is 79.9. The van der Waals surface area contributed by atoms with E-state index in [1.807, 2.05) is 0 Å². The van der Waals surface area contributed by atoms with Crippen molar-refractivity contribution in [3.8, 4) is 0 Å². The maximum absolute atomic E-state index is 13.1. The highest BCUT2D eigenvalue weighted by molar-refractivity contribution is 9.10. The van der Waals surface area contributed by atoms with Crippen LogP contribution >= 0.6 is 15.9 Å². The molecule has 0 amide bonds. The maximum atomic E-state index is 13.1. The van der Waals surface area contributed by atoms with E-state index in [0.717, 1.165) is 0 Å². The monoisotopic (exact) mass is 282 g/mol. The summed E-state index contributed by atoms with van der Waals surface area (Å²) in [5, 5.41) is 3.90. The Labute approximate surface area is 100 Å². The van der Waals surface area contributed by atoms with Crippen LogP contribution in [-0.2, 0) is 7.05 Å². The molecule has 2 aromatic rings. The van der Waals surface area contributed by atoms with Crippen LogP contribution in [0.1, 0.15) is 16.1 Å². The third-order valence-electron chi connectivity index (χ3n) is 2.18. The second kappa shape index (κ2) is 4.17. The van der Waals surface area contributed by atoms with E-state index in [9.17, 15) is 9.18 Å². The molecule has 0 radical (unpaired) electrons. The minimum Gasteiger partial charge on any atom is -0.287 e. The summed E-state index contributed by atoms with van der Waals surface area (Å²) in [6.07, 6.45) is 1.53. The van der Waals surface area contributed by atoms with E-state index in [4.69, 9.17) is 0 Å². The van der Waals surface area contributed by atoms with E-state index in [2.05, 4.69) is 21.0 Å². The maximum Gasteiger partial charge on any atom is 0.211 e. The Morgan fingerprint density at radius 1 is 1.44 bits per heavy atom. The van der Waals surface area contributed by atoms with Gasteiger partial charge in [-0.05, 0) is 24.3 Å². The first kappa shape index (κ1) is 11.0. The summed E-state index contributed by atoms with van der Waals surface area (Å²) in [5.41, 5.74) is 0.730. The number of nitrogens with zero attached hydrogens (tertiary/aromatic N) is 2. The number of benzene rings is 1. The van der Waals surface area contributed by atoms with Crippen LogP contribution in [0, 0.1) is 5.82 Å². The number of carbonyl (C=O) groups excluding carboxylic acids is 1. The van der Waals surface area contributed by atoms with Crippen LogP contribution in [0.15, 0.2) is 34.9 Å². The first-order valence-electron chi connectivity index (χ1n) is 4.57. The fourth-order valence-corrected chi connectivity index (χ4v) is 1.89. The van der Waals surface area contributed by atoms with Crippen LogP contribution in [-0.4, -0.2) is 15.6 Å². The van der Waals surface area contributed by atoms with E-state index < -0.39 is 5.82 Å². The van der Waals surface area contributed by atoms with Crippen molar-refractivity contribution < 1.29 is 9.18 Å². The molecule has 0 unspecified atom stereocenters. The number of hydrogen-bond acceptors (Lipinski definition) is 2. The van der Waals surface area contributed by atoms with Crippen molar-refractivity contribution in [1.29, 1.82) is 0 Å². The van der Waals surface area contributed by atoms with E-state index in [-0.39, 0.29) is 5.78 Å². The van der Waals surface area contributed by atoms with Crippen molar-refractivity contribution in [3.63, 3.8) is 0 Å². The quantitative estimate of drug-likeness (QED) is 0.794. The van der Waals surface area contributed by atoms with E-state index in [1.54, 1.807) is 19.2 Å². The predicted octanol–water partition coefficient (Wildman–Crippen LogP) is 2.55. The third-order valence-corrected chi connectivity index (χ3v) is 2.64. The molecule has 0 spiro atoms. The number of halogens is 2. The van der Waals surface area contributed by atoms with Gasteiger partial charge < -0.3 is 0 Å². The molecule has 0 bridgehead atoms. The van der Waals surface area contributed by atoms with Crippen LogP contribution in [0.25, 0.3) is 0 Å². The second-order valence-electron chi connectivity index (χ2n) is 3.33. The van der Waals surface area contributed by atoms with Gasteiger partial charge in [-0.2, -0.15) is 5.10 Å². The highest BCUT2D eigenvalue weighted by Gasteiger charge is 2.14. The fourth-order valence-electron chi connectivity index (χ4n) is 1.43. The largest absolute Gasteiger partial charge is 0.287 e. The molecule has 0 aliphatic carbocycles. The molecule has 1 aromatic heterocycles. The lowest BCUT2D eigenvalue weighted by molar-refractivity contribution is 0.103. The van der Waals surface area contributed by atoms with E-state index >= 15 is 0 Å². The fraction of sp³-hybridized carbons (Fsp3) is 0.0909. The van der Waals surface area contributed by atoms with Gasteiger partial charge in [0, 0.05) is 23.3 Å². The molecule has 1 heterocycles. The Morgan fingerprint density at radius 2 is 2.19 bits per heavy atom. The van der Waals surface area contributed by atoms with Gasteiger partial charge in [0.2, 0.25) is 5.78 Å². The van der Waals surface area contributed by atoms with Gasteiger partial charge in [0.05, 0.1) is 0 Å². The molecule has 0 N–H and O–H groups in total. The molecular weight excluding hydrogens is 275 g/mol. The molecule has 5 heteroatoms. The Kier molecular flexibility index (Phi) is 2.87. The topological polar surface area (TPSA) is 34.9 Å². The lowest BCUT2D eigenvalue weighted by atomic mass is 10.1. The van der Waals surface area contributed by atoms with Crippen molar-refractivity contribution in [3.05, 3.63) is 52.0 Å². The van der Waals surface area contributed by atoms with Crippen molar-refractivity contribution in [1.82, 2.24) is 9.78 Å². The summed E-state index contributed by atoms with van der Waals surface area (Å²) >= 11 is 3.15. The standard InChI is InChI=1S/C11H8BrFN2O/c1-15-10(2-3-14-15)11(16)7-4-8(12)6-9(13)5-7/h2-6H,1H3. The first-order chi connectivity index (χ1) is 7.58. The highest BCUT2D eigenvalue weighted by Crippen LogP contribution is 2.17. The Balaban J connectivity index is 2.45. The Morgan fingerprint density at radius 3 is 2.75 bits per heavy atom. The molecular formula is C11H8BrFN2O. The molecule has 3 nitrogen and oxygen atoms in total. The number of carbonyl (C=O) groups is 1. The average Bonchev–Trinajstić information content (AvgIpc) is 2.62. The zero-order chi connectivity index (χ0) is 11.7. The van der Waals surface area contributed by atoms with Gasteiger partial charge in [-0.1, -0.05) is 15.9 Å². The Hall–Kier alpha value is -1.49. The average molecular weight is 283 g/mol. The predicted molar refractivity (Wildman–Crippen MR) is 60.7 cm³/mol.